The van der Waals surface area contributed by atoms with Crippen molar-refractivity contribution in [2.75, 3.05) is 20.8 Å². The van der Waals surface area contributed by atoms with Gasteiger partial charge >= 0.3 is 5.97 Å². The lowest BCUT2D eigenvalue weighted by Gasteiger charge is -2.19. The monoisotopic (exact) mass is 427 g/mol. The van der Waals surface area contributed by atoms with E-state index in [-0.39, 0.29) is 23.3 Å². The number of hydrogen-bond donors (Lipinski definition) is 1. The first-order chi connectivity index (χ1) is 14.5. The summed E-state index contributed by atoms with van der Waals surface area (Å²) >= 11 is 0. The van der Waals surface area contributed by atoms with Crippen LogP contribution in [0.15, 0.2) is 42.5 Å². The van der Waals surface area contributed by atoms with Crippen LogP contribution in [0.2, 0.25) is 0 Å². The first-order valence-electron chi connectivity index (χ1n) is 9.90. The molecule has 0 radical (unpaired) electrons. The van der Waals surface area contributed by atoms with Crippen molar-refractivity contribution in [3.05, 3.63) is 59.2 Å². The summed E-state index contributed by atoms with van der Waals surface area (Å²) < 4.78 is 15.4. The summed E-state index contributed by atoms with van der Waals surface area (Å²) in [5.41, 5.74) is 1.81. The highest BCUT2D eigenvalue weighted by Crippen LogP contribution is 2.23. The molecule has 31 heavy (non-hydrogen) atoms. The zero-order valence-corrected chi connectivity index (χ0v) is 18.8. The highest BCUT2D eigenvalue weighted by molar-refractivity contribution is 6.00. The van der Waals surface area contributed by atoms with Gasteiger partial charge in [0.15, 0.2) is 6.10 Å². The number of ether oxygens (including phenoxy) is 3. The Labute approximate surface area is 182 Å². The Balaban J connectivity index is 1.93. The van der Waals surface area contributed by atoms with Crippen molar-refractivity contribution in [1.29, 1.82) is 0 Å². The number of methoxy groups -OCH3 is 2. The molecule has 0 aliphatic rings. The lowest BCUT2D eigenvalue weighted by Crippen LogP contribution is -2.34. The number of carbonyl (C=O) groups excluding carboxylic acids is 3. The minimum atomic E-state index is -0.971. The van der Waals surface area contributed by atoms with Gasteiger partial charge in [-0.2, -0.15) is 0 Å². The molecular weight excluding hydrogens is 398 g/mol. The summed E-state index contributed by atoms with van der Waals surface area (Å²) in [5, 5.41) is 2.47. The van der Waals surface area contributed by atoms with E-state index in [2.05, 4.69) is 26.1 Å². The molecule has 0 unspecified atom stereocenters. The van der Waals surface area contributed by atoms with Crippen molar-refractivity contribution in [1.82, 2.24) is 5.32 Å². The number of carbonyl (C=O) groups is 3. The van der Waals surface area contributed by atoms with Gasteiger partial charge in [-0.25, -0.2) is 0 Å². The van der Waals surface area contributed by atoms with Crippen molar-refractivity contribution in [2.45, 2.75) is 39.2 Å². The molecule has 0 aliphatic heterocycles. The number of Topliss-reactive ketones (excluding diaryl/α,β-unsaturated/α-hetero) is 1. The van der Waals surface area contributed by atoms with Crippen LogP contribution in [0.3, 0.4) is 0 Å². The number of nitrogens with one attached hydrogen (secondary N) is 1. The summed E-state index contributed by atoms with van der Waals surface area (Å²) in [7, 11) is 2.95. The van der Waals surface area contributed by atoms with E-state index in [1.54, 1.807) is 18.2 Å². The average molecular weight is 427 g/mol. The number of amides is 1. The second kappa shape index (κ2) is 10.1. The Hall–Kier alpha value is -3.35. The normalized spacial score (nSPS) is 11.9. The van der Waals surface area contributed by atoms with E-state index in [1.165, 1.54) is 33.3 Å². The average Bonchev–Trinajstić information content (AvgIpc) is 2.75. The molecular formula is C24H29NO6. The molecule has 0 saturated heterocycles. The fraction of sp³-hybridized carbons (Fsp3) is 0.375. The SMILES string of the molecule is COc1cc(OC)cc(C(=O)NCC(=O)O[C@@H](C)C(=O)c2ccc(C(C)(C)C)cc2)c1. The topological polar surface area (TPSA) is 90.9 Å². The van der Waals surface area contributed by atoms with Crippen molar-refractivity contribution in [3.63, 3.8) is 0 Å². The molecule has 0 fully saturated rings. The van der Waals surface area contributed by atoms with Crippen LogP contribution in [0.4, 0.5) is 0 Å². The van der Waals surface area contributed by atoms with Gasteiger partial charge in [0.05, 0.1) is 14.2 Å². The van der Waals surface area contributed by atoms with Crippen LogP contribution >= 0.6 is 0 Å². The zero-order chi connectivity index (χ0) is 23.2. The number of benzene rings is 2. The largest absolute Gasteiger partial charge is 0.497 e. The summed E-state index contributed by atoms with van der Waals surface area (Å²) in [6, 6.07) is 11.9. The number of rotatable bonds is 8. The van der Waals surface area contributed by atoms with Gasteiger partial charge in [0.2, 0.25) is 5.78 Å². The first-order valence-corrected chi connectivity index (χ1v) is 9.90. The number of ketones is 1. The van der Waals surface area contributed by atoms with Crippen molar-refractivity contribution in [2.24, 2.45) is 0 Å². The summed E-state index contributed by atoms with van der Waals surface area (Å²) in [6.45, 7) is 7.39. The van der Waals surface area contributed by atoms with Crippen LogP contribution in [-0.4, -0.2) is 44.5 Å². The second-order valence-electron chi connectivity index (χ2n) is 8.11. The van der Waals surface area contributed by atoms with Crippen molar-refractivity contribution in [3.8, 4) is 11.5 Å². The Kier molecular flexibility index (Phi) is 7.80. The number of hydrogen-bond acceptors (Lipinski definition) is 6. The molecule has 7 heteroatoms. The van der Waals surface area contributed by atoms with Gasteiger partial charge in [-0.3, -0.25) is 14.4 Å². The summed E-state index contributed by atoms with van der Waals surface area (Å²) in [6.07, 6.45) is -0.971. The Bertz CT molecular complexity index is 921. The molecule has 0 aliphatic carbocycles. The standard InChI is InChI=1S/C24H29NO6/c1-15(22(27)16-7-9-18(10-8-16)24(2,3)4)31-21(26)14-25-23(28)17-11-19(29-5)13-20(12-17)30-6/h7-13,15H,14H2,1-6H3,(H,25,28)/t15-/m0/s1. The van der Waals surface area contributed by atoms with E-state index in [1.807, 2.05) is 12.1 Å². The predicted octanol–water partition coefficient (Wildman–Crippen LogP) is 3.55. The zero-order valence-electron chi connectivity index (χ0n) is 18.8. The van der Waals surface area contributed by atoms with Crippen molar-refractivity contribution < 1.29 is 28.6 Å². The lowest BCUT2D eigenvalue weighted by molar-refractivity contribution is -0.145. The maximum absolute atomic E-state index is 12.5. The molecule has 1 N–H and O–H groups in total. The highest BCUT2D eigenvalue weighted by Gasteiger charge is 2.21. The second-order valence-corrected chi connectivity index (χ2v) is 8.11. The molecule has 2 rings (SSSR count). The van der Waals surface area contributed by atoms with Crippen LogP contribution in [0, 0.1) is 0 Å². The van der Waals surface area contributed by atoms with E-state index >= 15 is 0 Å². The number of esters is 1. The van der Waals surface area contributed by atoms with Crippen LogP contribution in [-0.2, 0) is 14.9 Å². The van der Waals surface area contributed by atoms with E-state index in [4.69, 9.17) is 14.2 Å². The molecule has 0 saturated carbocycles. The van der Waals surface area contributed by atoms with Crippen LogP contribution in [0.5, 0.6) is 11.5 Å². The third-order valence-corrected chi connectivity index (χ3v) is 4.72. The molecule has 2 aromatic carbocycles. The van der Waals surface area contributed by atoms with Gasteiger partial charge in [0.1, 0.15) is 18.0 Å². The van der Waals surface area contributed by atoms with E-state index in [0.29, 0.717) is 17.1 Å². The third-order valence-electron chi connectivity index (χ3n) is 4.72. The molecule has 0 spiro atoms. The smallest absolute Gasteiger partial charge is 0.326 e. The van der Waals surface area contributed by atoms with Crippen LogP contribution < -0.4 is 14.8 Å². The Morgan fingerprint density at radius 2 is 1.45 bits per heavy atom. The minimum absolute atomic E-state index is 0.0232. The Morgan fingerprint density at radius 1 is 0.903 bits per heavy atom. The lowest BCUT2D eigenvalue weighted by atomic mass is 9.86. The van der Waals surface area contributed by atoms with E-state index in [9.17, 15) is 14.4 Å². The summed E-state index contributed by atoms with van der Waals surface area (Å²) in [4.78, 5) is 37.0. The van der Waals surface area contributed by atoms with E-state index < -0.39 is 18.0 Å². The fourth-order valence-electron chi connectivity index (χ4n) is 2.85. The Morgan fingerprint density at radius 3 is 1.94 bits per heavy atom. The fourth-order valence-corrected chi connectivity index (χ4v) is 2.85. The maximum Gasteiger partial charge on any atom is 0.326 e. The van der Waals surface area contributed by atoms with Crippen LogP contribution in [0.1, 0.15) is 54.0 Å². The van der Waals surface area contributed by atoms with Gasteiger partial charge < -0.3 is 19.5 Å². The van der Waals surface area contributed by atoms with Crippen LogP contribution in [0.25, 0.3) is 0 Å². The molecule has 2 aromatic rings. The van der Waals surface area contributed by atoms with Gasteiger partial charge in [-0.15, -0.1) is 0 Å². The van der Waals surface area contributed by atoms with Gasteiger partial charge in [0, 0.05) is 17.2 Å². The van der Waals surface area contributed by atoms with Gasteiger partial charge in [0.25, 0.3) is 5.91 Å². The van der Waals surface area contributed by atoms with Gasteiger partial charge in [-0.1, -0.05) is 45.0 Å². The first kappa shape index (κ1) is 23.9. The molecule has 0 aromatic heterocycles. The molecule has 7 nitrogen and oxygen atoms in total. The predicted molar refractivity (Wildman–Crippen MR) is 117 cm³/mol. The molecule has 1 amide bonds. The van der Waals surface area contributed by atoms with Crippen molar-refractivity contribution >= 4 is 17.7 Å². The molecule has 0 bridgehead atoms. The third kappa shape index (κ3) is 6.57. The maximum atomic E-state index is 12.5. The molecule has 166 valence electrons. The summed E-state index contributed by atoms with van der Waals surface area (Å²) in [5.74, 6) is -0.619. The minimum Gasteiger partial charge on any atom is -0.497 e. The molecule has 0 heterocycles. The highest BCUT2D eigenvalue weighted by atomic mass is 16.5. The quantitative estimate of drug-likeness (QED) is 0.512. The van der Waals surface area contributed by atoms with E-state index in [0.717, 1.165) is 5.56 Å². The van der Waals surface area contributed by atoms with Gasteiger partial charge in [-0.05, 0) is 30.0 Å². The molecule has 1 atom stereocenters.